The van der Waals surface area contributed by atoms with E-state index >= 15 is 0 Å². The third kappa shape index (κ3) is 6.81. The highest BCUT2D eigenvalue weighted by Crippen LogP contribution is 2.19. The number of benzene rings is 2. The Morgan fingerprint density at radius 3 is 2.39 bits per heavy atom. The van der Waals surface area contributed by atoms with Crippen LogP contribution >= 0.6 is 0 Å². The molecule has 0 heterocycles. The molecular formula is C25H31FN2O3. The first kappa shape index (κ1) is 22.8. The van der Waals surface area contributed by atoms with Crippen LogP contribution in [0.4, 0.5) is 4.39 Å². The molecule has 166 valence electrons. The fourth-order valence-electron chi connectivity index (χ4n) is 4.00. The summed E-state index contributed by atoms with van der Waals surface area (Å²) in [6.07, 6.45) is 5.95. The molecule has 1 N–H and O–H groups in total. The maximum atomic E-state index is 13.1. The van der Waals surface area contributed by atoms with Crippen LogP contribution in [-0.2, 0) is 16.1 Å². The van der Waals surface area contributed by atoms with Crippen LogP contribution in [0.3, 0.4) is 0 Å². The maximum Gasteiger partial charge on any atom is 0.261 e. The van der Waals surface area contributed by atoms with Crippen molar-refractivity contribution in [3.63, 3.8) is 0 Å². The Kier molecular flexibility index (Phi) is 8.44. The molecule has 1 aliphatic rings. The molecule has 3 rings (SSSR count). The summed E-state index contributed by atoms with van der Waals surface area (Å²) in [4.78, 5) is 27.8. The summed E-state index contributed by atoms with van der Waals surface area (Å²) in [5, 5.41) is 3.16. The molecule has 2 amide bonds. The molecule has 2 aromatic rings. The minimum Gasteiger partial charge on any atom is -0.484 e. The second-order valence-corrected chi connectivity index (χ2v) is 8.02. The number of halogens is 1. The van der Waals surface area contributed by atoms with Crippen LogP contribution in [0.2, 0.25) is 0 Å². The molecule has 1 aliphatic carbocycles. The van der Waals surface area contributed by atoms with Crippen molar-refractivity contribution in [1.82, 2.24) is 10.2 Å². The van der Waals surface area contributed by atoms with Gasteiger partial charge in [-0.3, -0.25) is 9.59 Å². The van der Waals surface area contributed by atoms with Crippen LogP contribution in [0, 0.1) is 5.82 Å². The van der Waals surface area contributed by atoms with Crippen molar-refractivity contribution in [2.75, 3.05) is 6.61 Å². The summed E-state index contributed by atoms with van der Waals surface area (Å²) in [7, 11) is 0. The Morgan fingerprint density at radius 2 is 1.74 bits per heavy atom. The van der Waals surface area contributed by atoms with Gasteiger partial charge in [-0.1, -0.05) is 56.5 Å². The highest BCUT2D eigenvalue weighted by Gasteiger charge is 2.30. The van der Waals surface area contributed by atoms with Crippen molar-refractivity contribution in [3.05, 3.63) is 66.0 Å². The van der Waals surface area contributed by atoms with E-state index in [9.17, 15) is 14.0 Å². The van der Waals surface area contributed by atoms with E-state index in [4.69, 9.17) is 4.74 Å². The van der Waals surface area contributed by atoms with E-state index in [-0.39, 0.29) is 30.3 Å². The largest absolute Gasteiger partial charge is 0.484 e. The third-order valence-electron chi connectivity index (χ3n) is 5.71. The molecule has 1 saturated carbocycles. The Bertz CT molecular complexity index is 836. The Balaban J connectivity index is 1.72. The highest BCUT2D eigenvalue weighted by atomic mass is 19.1. The van der Waals surface area contributed by atoms with E-state index in [0.29, 0.717) is 18.7 Å². The van der Waals surface area contributed by atoms with Gasteiger partial charge in [0.25, 0.3) is 5.91 Å². The summed E-state index contributed by atoms with van der Waals surface area (Å²) >= 11 is 0. The zero-order valence-corrected chi connectivity index (χ0v) is 18.1. The van der Waals surface area contributed by atoms with Gasteiger partial charge in [-0.05, 0) is 49.1 Å². The zero-order valence-electron chi connectivity index (χ0n) is 18.1. The molecule has 5 nitrogen and oxygen atoms in total. The van der Waals surface area contributed by atoms with Crippen LogP contribution in [0.1, 0.15) is 51.0 Å². The number of nitrogens with one attached hydrogen (secondary N) is 1. The fourth-order valence-corrected chi connectivity index (χ4v) is 4.00. The van der Waals surface area contributed by atoms with Gasteiger partial charge in [0.15, 0.2) is 6.61 Å². The Labute approximate surface area is 183 Å². The first-order chi connectivity index (χ1) is 15.1. The van der Waals surface area contributed by atoms with E-state index in [1.165, 1.54) is 30.7 Å². The lowest BCUT2D eigenvalue weighted by molar-refractivity contribution is -0.143. The molecule has 0 radical (unpaired) electrons. The molecule has 0 bridgehead atoms. The smallest absolute Gasteiger partial charge is 0.261 e. The van der Waals surface area contributed by atoms with E-state index in [0.717, 1.165) is 31.2 Å². The van der Waals surface area contributed by atoms with Gasteiger partial charge in [0.1, 0.15) is 17.6 Å². The Morgan fingerprint density at radius 1 is 1.06 bits per heavy atom. The van der Waals surface area contributed by atoms with Crippen LogP contribution < -0.4 is 10.1 Å². The molecule has 1 atom stereocenters. The minimum atomic E-state index is -0.577. The normalized spacial score (nSPS) is 15.2. The number of amides is 2. The van der Waals surface area contributed by atoms with Gasteiger partial charge in [0.2, 0.25) is 5.91 Å². The number of ether oxygens (including phenoxy) is 1. The van der Waals surface area contributed by atoms with Crippen molar-refractivity contribution in [3.8, 4) is 5.75 Å². The number of hydrogen-bond acceptors (Lipinski definition) is 3. The average molecular weight is 427 g/mol. The lowest BCUT2D eigenvalue weighted by Crippen LogP contribution is -2.52. The Hall–Kier alpha value is -2.89. The third-order valence-corrected chi connectivity index (χ3v) is 5.71. The predicted octanol–water partition coefficient (Wildman–Crippen LogP) is 4.46. The molecule has 0 unspecified atom stereocenters. The maximum absolute atomic E-state index is 13.1. The molecule has 6 heteroatoms. The predicted molar refractivity (Wildman–Crippen MR) is 118 cm³/mol. The van der Waals surface area contributed by atoms with Crippen molar-refractivity contribution in [2.45, 2.75) is 64.1 Å². The number of nitrogens with zero attached hydrogens (tertiary/aromatic N) is 1. The van der Waals surface area contributed by atoms with Gasteiger partial charge in [0, 0.05) is 12.6 Å². The molecule has 0 aliphatic heterocycles. The van der Waals surface area contributed by atoms with Crippen LogP contribution in [0.5, 0.6) is 5.75 Å². The lowest BCUT2D eigenvalue weighted by Gasteiger charge is -2.32. The molecule has 31 heavy (non-hydrogen) atoms. The fraction of sp³-hybridized carbons (Fsp3) is 0.440. The van der Waals surface area contributed by atoms with Crippen molar-refractivity contribution in [1.29, 1.82) is 0 Å². The summed E-state index contributed by atoms with van der Waals surface area (Å²) in [6.45, 7) is 2.02. The van der Waals surface area contributed by atoms with Gasteiger partial charge in [-0.15, -0.1) is 0 Å². The van der Waals surface area contributed by atoms with Crippen LogP contribution in [0.25, 0.3) is 0 Å². The minimum absolute atomic E-state index is 0.111. The lowest BCUT2D eigenvalue weighted by atomic mass is 9.95. The SMILES string of the molecule is CC[C@@H](C(=O)NC1CCCCC1)N(Cc1ccccc1)C(=O)COc1ccc(F)cc1. The average Bonchev–Trinajstić information content (AvgIpc) is 2.79. The van der Waals surface area contributed by atoms with Gasteiger partial charge >= 0.3 is 0 Å². The van der Waals surface area contributed by atoms with Gasteiger partial charge < -0.3 is 15.0 Å². The zero-order chi connectivity index (χ0) is 22.1. The van der Waals surface area contributed by atoms with Gasteiger partial charge in [-0.25, -0.2) is 4.39 Å². The second-order valence-electron chi connectivity index (χ2n) is 8.02. The standard InChI is InChI=1S/C25H31FN2O3/c1-2-23(25(30)27-21-11-7-4-8-12-21)28(17-19-9-5-3-6-10-19)24(29)18-31-22-15-13-20(26)14-16-22/h3,5-6,9-10,13-16,21,23H,2,4,7-8,11-12,17-18H2,1H3,(H,27,30)/t23-/m0/s1. The van der Waals surface area contributed by atoms with Gasteiger partial charge in [0.05, 0.1) is 0 Å². The number of hydrogen-bond donors (Lipinski definition) is 1. The quantitative estimate of drug-likeness (QED) is 0.644. The molecule has 0 saturated heterocycles. The first-order valence-corrected chi connectivity index (χ1v) is 11.1. The summed E-state index contributed by atoms with van der Waals surface area (Å²) in [5.41, 5.74) is 0.946. The number of carbonyl (C=O) groups excluding carboxylic acids is 2. The van der Waals surface area contributed by atoms with E-state index in [1.54, 1.807) is 4.90 Å². The van der Waals surface area contributed by atoms with E-state index < -0.39 is 6.04 Å². The number of carbonyl (C=O) groups is 2. The second kappa shape index (κ2) is 11.5. The van der Waals surface area contributed by atoms with Crippen LogP contribution in [0.15, 0.2) is 54.6 Å². The summed E-state index contributed by atoms with van der Waals surface area (Å²) in [6, 6.07) is 14.8. The van der Waals surface area contributed by atoms with E-state index in [2.05, 4.69) is 5.32 Å². The summed E-state index contributed by atoms with van der Waals surface area (Å²) < 4.78 is 18.7. The molecule has 0 aromatic heterocycles. The van der Waals surface area contributed by atoms with E-state index in [1.807, 2.05) is 37.3 Å². The topological polar surface area (TPSA) is 58.6 Å². The first-order valence-electron chi connectivity index (χ1n) is 11.1. The highest BCUT2D eigenvalue weighted by molar-refractivity contribution is 5.88. The van der Waals surface area contributed by atoms with Crippen molar-refractivity contribution in [2.24, 2.45) is 0 Å². The molecular weight excluding hydrogens is 395 g/mol. The van der Waals surface area contributed by atoms with Crippen molar-refractivity contribution >= 4 is 11.8 Å². The summed E-state index contributed by atoms with van der Waals surface area (Å²) in [5.74, 6) is -0.344. The van der Waals surface area contributed by atoms with Crippen LogP contribution in [-0.4, -0.2) is 35.4 Å². The molecule has 2 aromatic carbocycles. The monoisotopic (exact) mass is 426 g/mol. The molecule has 1 fully saturated rings. The molecule has 0 spiro atoms. The number of rotatable bonds is 9. The van der Waals surface area contributed by atoms with Gasteiger partial charge in [-0.2, -0.15) is 0 Å². The van der Waals surface area contributed by atoms with Crippen molar-refractivity contribution < 1.29 is 18.7 Å².